The average Bonchev–Trinajstić information content (AvgIpc) is 2.73. The van der Waals surface area contributed by atoms with E-state index in [4.69, 9.17) is 15.2 Å². The number of carbonyl (C=O) groups is 2. The van der Waals surface area contributed by atoms with Crippen LogP contribution in [0.3, 0.4) is 0 Å². The minimum Gasteiger partial charge on any atom is -0.482 e. The minimum atomic E-state index is -0.255. The van der Waals surface area contributed by atoms with Crippen molar-refractivity contribution in [2.45, 2.75) is 6.54 Å². The lowest BCUT2D eigenvalue weighted by atomic mass is 10.1. The lowest BCUT2D eigenvalue weighted by molar-refractivity contribution is -0.137. The molecule has 3 rings (SSSR count). The van der Waals surface area contributed by atoms with Gasteiger partial charge in [0.05, 0.1) is 18.9 Å². The molecule has 2 aromatic rings. The van der Waals surface area contributed by atoms with E-state index in [9.17, 15) is 9.59 Å². The highest BCUT2D eigenvalue weighted by Crippen LogP contribution is 2.24. The van der Waals surface area contributed by atoms with Crippen molar-refractivity contribution in [3.05, 3.63) is 59.7 Å². The van der Waals surface area contributed by atoms with Gasteiger partial charge in [0.25, 0.3) is 11.8 Å². The van der Waals surface area contributed by atoms with Crippen LogP contribution < -0.4 is 15.8 Å². The van der Waals surface area contributed by atoms with Gasteiger partial charge in [0.2, 0.25) is 0 Å². The number of ether oxygens (including phenoxy) is 2. The molecule has 1 saturated heterocycles. The monoisotopic (exact) mass is 405 g/mol. The number of amides is 2. The molecular formula is C20H24ClN3O4. The molecule has 0 radical (unpaired) electrons. The first-order valence-corrected chi connectivity index (χ1v) is 8.85. The van der Waals surface area contributed by atoms with E-state index in [2.05, 4.69) is 5.32 Å². The van der Waals surface area contributed by atoms with E-state index >= 15 is 0 Å². The van der Waals surface area contributed by atoms with Crippen molar-refractivity contribution in [1.29, 1.82) is 0 Å². The Morgan fingerprint density at radius 3 is 2.43 bits per heavy atom. The first-order chi connectivity index (χ1) is 13.2. The molecule has 0 saturated carbocycles. The maximum absolute atomic E-state index is 12.5. The number of nitrogens with zero attached hydrogens (tertiary/aromatic N) is 1. The molecule has 8 heteroatoms. The molecular weight excluding hydrogens is 382 g/mol. The van der Waals surface area contributed by atoms with Crippen LogP contribution in [-0.2, 0) is 16.1 Å². The predicted molar refractivity (Wildman–Crippen MR) is 109 cm³/mol. The molecule has 0 bridgehead atoms. The number of benzene rings is 2. The smallest absolute Gasteiger partial charge is 0.260 e. The molecule has 1 aliphatic heterocycles. The van der Waals surface area contributed by atoms with Crippen molar-refractivity contribution >= 4 is 29.9 Å². The maximum atomic E-state index is 12.5. The molecule has 0 unspecified atom stereocenters. The van der Waals surface area contributed by atoms with E-state index in [-0.39, 0.29) is 30.8 Å². The van der Waals surface area contributed by atoms with Gasteiger partial charge in [-0.15, -0.1) is 12.4 Å². The van der Waals surface area contributed by atoms with Gasteiger partial charge in [-0.25, -0.2) is 0 Å². The van der Waals surface area contributed by atoms with Crippen LogP contribution in [0.2, 0.25) is 0 Å². The van der Waals surface area contributed by atoms with Gasteiger partial charge in [0, 0.05) is 25.2 Å². The molecule has 1 aliphatic rings. The first kappa shape index (κ1) is 21.7. The van der Waals surface area contributed by atoms with Crippen LogP contribution in [0.25, 0.3) is 0 Å². The number of nitrogens with one attached hydrogen (secondary N) is 1. The van der Waals surface area contributed by atoms with E-state index < -0.39 is 0 Å². The minimum absolute atomic E-state index is 0. The zero-order chi connectivity index (χ0) is 19.1. The maximum Gasteiger partial charge on any atom is 0.260 e. The summed E-state index contributed by atoms with van der Waals surface area (Å²) in [6.45, 7) is 2.56. The van der Waals surface area contributed by atoms with Crippen molar-refractivity contribution in [1.82, 2.24) is 4.90 Å². The van der Waals surface area contributed by atoms with Gasteiger partial charge in [-0.3, -0.25) is 9.59 Å². The molecule has 2 amide bonds. The largest absolute Gasteiger partial charge is 0.482 e. The number of carbonyl (C=O) groups excluding carboxylic acids is 2. The van der Waals surface area contributed by atoms with Gasteiger partial charge >= 0.3 is 0 Å². The fraction of sp³-hybridized carbons (Fsp3) is 0.300. The normalized spacial score (nSPS) is 13.4. The molecule has 150 valence electrons. The fourth-order valence-electron chi connectivity index (χ4n) is 2.73. The van der Waals surface area contributed by atoms with E-state index in [1.807, 2.05) is 12.1 Å². The molecule has 0 aromatic heterocycles. The predicted octanol–water partition coefficient (Wildman–Crippen LogP) is 2.06. The molecule has 0 aliphatic carbocycles. The van der Waals surface area contributed by atoms with Crippen LogP contribution >= 0.6 is 12.4 Å². The third-order valence-electron chi connectivity index (χ3n) is 4.30. The number of rotatable bonds is 6. The third kappa shape index (κ3) is 5.69. The summed E-state index contributed by atoms with van der Waals surface area (Å²) >= 11 is 0. The average molecular weight is 406 g/mol. The zero-order valence-corrected chi connectivity index (χ0v) is 16.2. The van der Waals surface area contributed by atoms with Crippen molar-refractivity contribution in [3.63, 3.8) is 0 Å². The summed E-state index contributed by atoms with van der Waals surface area (Å²) in [5.74, 6) is 0.0944. The molecule has 0 spiro atoms. The van der Waals surface area contributed by atoms with Crippen LogP contribution in [0.4, 0.5) is 5.69 Å². The van der Waals surface area contributed by atoms with Crippen LogP contribution in [0, 0.1) is 0 Å². The van der Waals surface area contributed by atoms with Gasteiger partial charge in [0.15, 0.2) is 6.61 Å². The van der Waals surface area contributed by atoms with Gasteiger partial charge in [0.1, 0.15) is 5.75 Å². The van der Waals surface area contributed by atoms with Crippen LogP contribution in [-0.4, -0.2) is 49.6 Å². The lowest BCUT2D eigenvalue weighted by Crippen LogP contribution is -2.43. The highest BCUT2D eigenvalue weighted by atomic mass is 35.5. The Hall–Kier alpha value is -2.61. The summed E-state index contributed by atoms with van der Waals surface area (Å²) in [6, 6.07) is 14.1. The summed E-state index contributed by atoms with van der Waals surface area (Å²) in [7, 11) is 0. The second kappa shape index (κ2) is 10.7. The number of anilines is 1. The van der Waals surface area contributed by atoms with Crippen molar-refractivity contribution in [2.24, 2.45) is 5.73 Å². The number of hydrogen-bond donors (Lipinski definition) is 2. The number of morpholine rings is 1. The molecule has 1 fully saturated rings. The molecule has 1 heterocycles. The van der Waals surface area contributed by atoms with E-state index in [1.165, 1.54) is 0 Å². The quantitative estimate of drug-likeness (QED) is 0.767. The van der Waals surface area contributed by atoms with E-state index in [1.54, 1.807) is 41.3 Å². The molecule has 0 atom stereocenters. The van der Waals surface area contributed by atoms with Crippen molar-refractivity contribution < 1.29 is 19.1 Å². The Bertz CT molecular complexity index is 792. The standard InChI is InChI=1S/C20H23N3O4.ClH/c21-13-15-5-7-16(8-6-15)20(25)22-17-3-1-2-4-18(17)27-14-19(24)23-9-11-26-12-10-23;/h1-8H,9-14,21H2,(H,22,25);1H. The van der Waals surface area contributed by atoms with E-state index in [0.29, 0.717) is 49.8 Å². The summed E-state index contributed by atoms with van der Waals surface area (Å²) in [5.41, 5.74) is 7.57. The van der Waals surface area contributed by atoms with Crippen LogP contribution in [0.1, 0.15) is 15.9 Å². The Morgan fingerprint density at radius 2 is 1.75 bits per heavy atom. The Kier molecular flexibility index (Phi) is 8.25. The van der Waals surface area contributed by atoms with Gasteiger partial charge in [-0.2, -0.15) is 0 Å². The highest BCUT2D eigenvalue weighted by Gasteiger charge is 2.18. The Morgan fingerprint density at radius 1 is 1.07 bits per heavy atom. The summed E-state index contributed by atoms with van der Waals surface area (Å²) in [6.07, 6.45) is 0. The lowest BCUT2D eigenvalue weighted by Gasteiger charge is -2.26. The molecule has 28 heavy (non-hydrogen) atoms. The molecule has 2 aromatic carbocycles. The Balaban J connectivity index is 0.00000280. The number of nitrogens with two attached hydrogens (primary N) is 1. The number of halogens is 1. The van der Waals surface area contributed by atoms with Gasteiger partial charge in [-0.1, -0.05) is 24.3 Å². The Labute approximate surface area is 170 Å². The van der Waals surface area contributed by atoms with Crippen LogP contribution in [0.15, 0.2) is 48.5 Å². The summed E-state index contributed by atoms with van der Waals surface area (Å²) < 4.78 is 10.9. The zero-order valence-electron chi connectivity index (χ0n) is 15.4. The summed E-state index contributed by atoms with van der Waals surface area (Å²) in [5, 5.41) is 2.83. The molecule has 7 nitrogen and oxygen atoms in total. The van der Waals surface area contributed by atoms with Gasteiger partial charge in [-0.05, 0) is 29.8 Å². The second-order valence-electron chi connectivity index (χ2n) is 6.13. The SMILES string of the molecule is Cl.NCc1ccc(C(=O)Nc2ccccc2OCC(=O)N2CCOCC2)cc1. The van der Waals surface area contributed by atoms with Crippen LogP contribution in [0.5, 0.6) is 5.75 Å². The van der Waals surface area contributed by atoms with Crippen molar-refractivity contribution in [2.75, 3.05) is 38.2 Å². The van der Waals surface area contributed by atoms with Gasteiger partial charge < -0.3 is 25.4 Å². The molecule has 3 N–H and O–H groups in total. The second-order valence-corrected chi connectivity index (χ2v) is 6.13. The first-order valence-electron chi connectivity index (χ1n) is 8.85. The third-order valence-corrected chi connectivity index (χ3v) is 4.30. The number of para-hydroxylation sites is 2. The topological polar surface area (TPSA) is 93.9 Å². The fourth-order valence-corrected chi connectivity index (χ4v) is 2.73. The van der Waals surface area contributed by atoms with Crippen molar-refractivity contribution in [3.8, 4) is 5.75 Å². The highest BCUT2D eigenvalue weighted by molar-refractivity contribution is 6.05. The number of hydrogen-bond acceptors (Lipinski definition) is 5. The van der Waals surface area contributed by atoms with E-state index in [0.717, 1.165) is 5.56 Å². The summed E-state index contributed by atoms with van der Waals surface area (Å²) in [4.78, 5) is 26.4.